The molecule has 1 aromatic rings. The zero-order valence-corrected chi connectivity index (χ0v) is 14.2. The van der Waals surface area contributed by atoms with Crippen molar-refractivity contribution in [1.82, 2.24) is 0 Å². The molecule has 0 aromatic heterocycles. The van der Waals surface area contributed by atoms with E-state index in [0.29, 0.717) is 4.83 Å². The SMILES string of the molecule is CCCC1CCC(Br)C(Cc2ccc(Br)cc2)C1. The molecule has 2 heteroatoms. The Labute approximate surface area is 128 Å². The van der Waals surface area contributed by atoms with E-state index in [1.54, 1.807) is 0 Å². The molecule has 18 heavy (non-hydrogen) atoms. The quantitative estimate of drug-likeness (QED) is 0.570. The summed E-state index contributed by atoms with van der Waals surface area (Å²) < 4.78 is 1.18. The molecule has 100 valence electrons. The maximum Gasteiger partial charge on any atom is 0.0177 e. The van der Waals surface area contributed by atoms with E-state index < -0.39 is 0 Å². The van der Waals surface area contributed by atoms with Crippen LogP contribution in [-0.4, -0.2) is 4.83 Å². The molecule has 3 atom stereocenters. The Hall–Kier alpha value is 0.180. The van der Waals surface area contributed by atoms with Gasteiger partial charge < -0.3 is 0 Å². The zero-order valence-electron chi connectivity index (χ0n) is 11.0. The van der Waals surface area contributed by atoms with E-state index in [2.05, 4.69) is 63.0 Å². The van der Waals surface area contributed by atoms with Gasteiger partial charge >= 0.3 is 0 Å². The van der Waals surface area contributed by atoms with Gasteiger partial charge in [0, 0.05) is 9.30 Å². The number of rotatable bonds is 4. The van der Waals surface area contributed by atoms with Gasteiger partial charge in [0.1, 0.15) is 0 Å². The maximum atomic E-state index is 3.90. The lowest BCUT2D eigenvalue weighted by Gasteiger charge is -2.33. The molecular formula is C16H22Br2. The van der Waals surface area contributed by atoms with E-state index in [-0.39, 0.29) is 0 Å². The molecule has 0 N–H and O–H groups in total. The molecule has 0 radical (unpaired) electrons. The summed E-state index contributed by atoms with van der Waals surface area (Å²) in [5.74, 6) is 1.78. The second-order valence-electron chi connectivity index (χ2n) is 5.57. The van der Waals surface area contributed by atoms with E-state index in [4.69, 9.17) is 0 Å². The molecule has 1 aromatic carbocycles. The van der Waals surface area contributed by atoms with Gasteiger partial charge in [-0.25, -0.2) is 0 Å². The Morgan fingerprint density at radius 3 is 2.56 bits per heavy atom. The highest BCUT2D eigenvalue weighted by Crippen LogP contribution is 2.37. The van der Waals surface area contributed by atoms with Crippen molar-refractivity contribution in [3.05, 3.63) is 34.3 Å². The van der Waals surface area contributed by atoms with Gasteiger partial charge in [0.05, 0.1) is 0 Å². The van der Waals surface area contributed by atoms with Crippen LogP contribution in [0.15, 0.2) is 28.7 Å². The summed E-state index contributed by atoms with van der Waals surface area (Å²) in [5.41, 5.74) is 1.48. The van der Waals surface area contributed by atoms with Crippen LogP contribution in [0.1, 0.15) is 44.6 Å². The van der Waals surface area contributed by atoms with Gasteiger partial charge in [-0.1, -0.05) is 63.8 Å². The van der Waals surface area contributed by atoms with Gasteiger partial charge in [0.2, 0.25) is 0 Å². The molecule has 0 bridgehead atoms. The van der Waals surface area contributed by atoms with E-state index in [0.717, 1.165) is 11.8 Å². The average molecular weight is 374 g/mol. The Balaban J connectivity index is 1.95. The van der Waals surface area contributed by atoms with Crippen LogP contribution in [0.3, 0.4) is 0 Å². The Morgan fingerprint density at radius 2 is 1.89 bits per heavy atom. The summed E-state index contributed by atoms with van der Waals surface area (Å²) in [6.07, 6.45) is 8.15. The summed E-state index contributed by atoms with van der Waals surface area (Å²) >= 11 is 7.40. The molecule has 0 amide bonds. The highest BCUT2D eigenvalue weighted by molar-refractivity contribution is 9.10. The molecule has 2 rings (SSSR count). The molecule has 0 heterocycles. The van der Waals surface area contributed by atoms with Gasteiger partial charge in [-0.2, -0.15) is 0 Å². The molecule has 0 nitrogen and oxygen atoms in total. The second-order valence-corrected chi connectivity index (χ2v) is 7.67. The van der Waals surface area contributed by atoms with Gasteiger partial charge in [-0.05, 0) is 55.2 Å². The van der Waals surface area contributed by atoms with Crippen molar-refractivity contribution in [2.45, 2.75) is 50.3 Å². The standard InChI is InChI=1S/C16H22Br2/c1-2-3-12-6-9-16(18)14(10-12)11-13-4-7-15(17)8-5-13/h4-5,7-8,12,14,16H,2-3,6,9-11H2,1H3. The number of benzene rings is 1. The predicted molar refractivity (Wildman–Crippen MR) is 86.3 cm³/mol. The van der Waals surface area contributed by atoms with Gasteiger partial charge in [0.25, 0.3) is 0 Å². The summed E-state index contributed by atoms with van der Waals surface area (Å²) in [6.45, 7) is 2.31. The summed E-state index contributed by atoms with van der Waals surface area (Å²) in [5, 5.41) is 0. The molecule has 1 aliphatic carbocycles. The molecule has 0 saturated heterocycles. The first-order chi connectivity index (χ1) is 8.69. The lowest BCUT2D eigenvalue weighted by molar-refractivity contribution is 0.263. The molecule has 0 aliphatic heterocycles. The third kappa shape index (κ3) is 4.09. The monoisotopic (exact) mass is 372 g/mol. The number of hydrogen-bond acceptors (Lipinski definition) is 0. The highest BCUT2D eigenvalue weighted by Gasteiger charge is 2.28. The fourth-order valence-electron chi connectivity index (χ4n) is 3.13. The van der Waals surface area contributed by atoms with Crippen LogP contribution in [0.5, 0.6) is 0 Å². The Bertz CT molecular complexity index is 358. The fourth-order valence-corrected chi connectivity index (χ4v) is 4.06. The average Bonchev–Trinajstić information content (AvgIpc) is 2.36. The smallest absolute Gasteiger partial charge is 0.0177 e. The van der Waals surface area contributed by atoms with E-state index >= 15 is 0 Å². The maximum absolute atomic E-state index is 3.90. The van der Waals surface area contributed by atoms with Crippen molar-refractivity contribution in [1.29, 1.82) is 0 Å². The zero-order chi connectivity index (χ0) is 13.0. The van der Waals surface area contributed by atoms with Crippen molar-refractivity contribution in [2.24, 2.45) is 11.8 Å². The van der Waals surface area contributed by atoms with Crippen molar-refractivity contribution in [3.63, 3.8) is 0 Å². The van der Waals surface area contributed by atoms with E-state index in [1.165, 1.54) is 48.6 Å². The van der Waals surface area contributed by atoms with Crippen LogP contribution >= 0.6 is 31.9 Å². The molecule has 3 unspecified atom stereocenters. The minimum Gasteiger partial charge on any atom is -0.0888 e. The van der Waals surface area contributed by atoms with Crippen LogP contribution in [0.25, 0.3) is 0 Å². The third-order valence-electron chi connectivity index (χ3n) is 4.11. The van der Waals surface area contributed by atoms with Crippen molar-refractivity contribution in [3.8, 4) is 0 Å². The lowest BCUT2D eigenvalue weighted by atomic mass is 9.77. The third-order valence-corrected chi connectivity index (χ3v) is 5.84. The Kier molecular flexibility index (Phi) is 5.75. The van der Waals surface area contributed by atoms with Gasteiger partial charge in [0.15, 0.2) is 0 Å². The molecule has 1 saturated carbocycles. The fraction of sp³-hybridized carbons (Fsp3) is 0.625. The highest BCUT2D eigenvalue weighted by atomic mass is 79.9. The Morgan fingerprint density at radius 1 is 1.17 bits per heavy atom. The molecule has 1 aliphatic rings. The predicted octanol–water partition coefficient (Wildman–Crippen LogP) is 5.97. The first-order valence-electron chi connectivity index (χ1n) is 7.07. The van der Waals surface area contributed by atoms with Crippen LogP contribution in [0.4, 0.5) is 0 Å². The summed E-state index contributed by atoms with van der Waals surface area (Å²) in [4.78, 5) is 0.717. The van der Waals surface area contributed by atoms with Crippen LogP contribution in [-0.2, 0) is 6.42 Å². The number of alkyl halides is 1. The van der Waals surface area contributed by atoms with Gasteiger partial charge in [-0.15, -0.1) is 0 Å². The molecule has 1 fully saturated rings. The van der Waals surface area contributed by atoms with Crippen molar-refractivity contribution < 1.29 is 0 Å². The molecular weight excluding hydrogens is 352 g/mol. The largest absolute Gasteiger partial charge is 0.0888 e. The lowest BCUT2D eigenvalue weighted by Crippen LogP contribution is -2.26. The van der Waals surface area contributed by atoms with E-state index in [1.807, 2.05) is 0 Å². The minimum atomic E-state index is 0.717. The summed E-state index contributed by atoms with van der Waals surface area (Å²) in [6, 6.07) is 8.83. The van der Waals surface area contributed by atoms with Crippen LogP contribution in [0, 0.1) is 11.8 Å². The first kappa shape index (κ1) is 14.6. The second kappa shape index (κ2) is 7.09. The molecule has 0 spiro atoms. The van der Waals surface area contributed by atoms with Crippen molar-refractivity contribution in [2.75, 3.05) is 0 Å². The van der Waals surface area contributed by atoms with Crippen LogP contribution < -0.4 is 0 Å². The minimum absolute atomic E-state index is 0.717. The van der Waals surface area contributed by atoms with Gasteiger partial charge in [-0.3, -0.25) is 0 Å². The number of halogens is 2. The van der Waals surface area contributed by atoms with Crippen LogP contribution in [0.2, 0.25) is 0 Å². The topological polar surface area (TPSA) is 0 Å². The number of hydrogen-bond donors (Lipinski definition) is 0. The first-order valence-corrected chi connectivity index (χ1v) is 8.78. The normalized spacial score (nSPS) is 28.3. The summed E-state index contributed by atoms with van der Waals surface area (Å²) in [7, 11) is 0. The van der Waals surface area contributed by atoms with Crippen molar-refractivity contribution >= 4 is 31.9 Å². The van der Waals surface area contributed by atoms with E-state index in [9.17, 15) is 0 Å².